The summed E-state index contributed by atoms with van der Waals surface area (Å²) in [6, 6.07) is 17.4. The molecule has 0 unspecified atom stereocenters. The van der Waals surface area contributed by atoms with Crippen LogP contribution in [0.3, 0.4) is 0 Å². The molecule has 0 atom stereocenters. The lowest BCUT2D eigenvalue weighted by atomic mass is 9.89. The summed E-state index contributed by atoms with van der Waals surface area (Å²) in [5, 5.41) is 1.40. The molecule has 2 aromatic carbocycles. The van der Waals surface area contributed by atoms with Crippen LogP contribution in [0, 0.1) is 6.92 Å². The van der Waals surface area contributed by atoms with Crippen molar-refractivity contribution in [3.8, 4) is 0 Å². The van der Waals surface area contributed by atoms with Crippen LogP contribution in [-0.4, -0.2) is 18.1 Å². The zero-order chi connectivity index (χ0) is 14.9. The minimum atomic E-state index is 0.677. The minimum absolute atomic E-state index is 0.677. The van der Waals surface area contributed by atoms with Crippen LogP contribution >= 0.6 is 0 Å². The first-order valence-corrected chi connectivity index (χ1v) is 8.19. The Morgan fingerprint density at radius 2 is 1.68 bits per heavy atom. The van der Waals surface area contributed by atoms with Gasteiger partial charge in [0, 0.05) is 35.9 Å². The molecule has 0 radical (unpaired) electrons. The average molecular weight is 290 g/mol. The van der Waals surface area contributed by atoms with E-state index in [2.05, 4.69) is 71.5 Å². The number of para-hydroxylation sites is 2. The van der Waals surface area contributed by atoms with Gasteiger partial charge in [-0.3, -0.25) is 0 Å². The fraction of sp³-hybridized carbons (Fsp3) is 0.300. The molecule has 2 heteroatoms. The van der Waals surface area contributed by atoms with Crippen molar-refractivity contribution in [2.75, 3.05) is 18.0 Å². The summed E-state index contributed by atoms with van der Waals surface area (Å²) in [5.41, 5.74) is 5.55. The Labute approximate surface area is 131 Å². The van der Waals surface area contributed by atoms with E-state index >= 15 is 0 Å². The number of aryl methyl sites for hydroxylation is 1. The Hall–Kier alpha value is -2.22. The molecule has 1 saturated heterocycles. The number of fused-ring (bicyclic) bond motifs is 1. The summed E-state index contributed by atoms with van der Waals surface area (Å²) < 4.78 is 0. The molecular formula is C20H22N2. The third-order valence-electron chi connectivity index (χ3n) is 5.01. The van der Waals surface area contributed by atoms with E-state index in [1.807, 2.05) is 0 Å². The number of aromatic amines is 1. The van der Waals surface area contributed by atoms with Gasteiger partial charge in [0.1, 0.15) is 0 Å². The molecule has 2 heterocycles. The van der Waals surface area contributed by atoms with Crippen LogP contribution in [0.25, 0.3) is 10.9 Å². The number of hydrogen-bond donors (Lipinski definition) is 1. The zero-order valence-electron chi connectivity index (χ0n) is 13.0. The number of H-pyrrole nitrogens is 1. The summed E-state index contributed by atoms with van der Waals surface area (Å²) >= 11 is 0. The van der Waals surface area contributed by atoms with Gasteiger partial charge in [-0.1, -0.05) is 36.4 Å². The number of benzene rings is 2. The van der Waals surface area contributed by atoms with Crippen LogP contribution in [0.5, 0.6) is 0 Å². The maximum Gasteiger partial charge on any atom is 0.0456 e. The van der Waals surface area contributed by atoms with E-state index in [9.17, 15) is 0 Å². The van der Waals surface area contributed by atoms with E-state index in [0.717, 1.165) is 13.1 Å². The number of anilines is 1. The van der Waals surface area contributed by atoms with Crippen molar-refractivity contribution in [2.24, 2.45) is 0 Å². The maximum atomic E-state index is 3.42. The van der Waals surface area contributed by atoms with Gasteiger partial charge in [0.15, 0.2) is 0 Å². The van der Waals surface area contributed by atoms with Gasteiger partial charge in [0.25, 0.3) is 0 Å². The molecule has 1 aliphatic rings. The standard InChI is InChI=1S/C20H22N2/c1-15-6-2-5-9-20(15)22-12-10-16(11-13-22)18-14-21-19-8-4-3-7-17(18)19/h2-9,14,16,21H,10-13H2,1H3. The lowest BCUT2D eigenvalue weighted by molar-refractivity contribution is 0.507. The SMILES string of the molecule is Cc1ccccc1N1CCC(c2c[nH]c3ccccc23)CC1. The van der Waals surface area contributed by atoms with Gasteiger partial charge in [0.05, 0.1) is 0 Å². The number of piperidine rings is 1. The fourth-order valence-corrected chi connectivity index (χ4v) is 3.78. The quantitative estimate of drug-likeness (QED) is 0.714. The van der Waals surface area contributed by atoms with Gasteiger partial charge in [-0.25, -0.2) is 0 Å². The molecule has 0 spiro atoms. The number of rotatable bonds is 2. The number of aromatic nitrogens is 1. The lowest BCUT2D eigenvalue weighted by Crippen LogP contribution is -2.33. The van der Waals surface area contributed by atoms with Crippen LogP contribution in [0.2, 0.25) is 0 Å². The highest BCUT2D eigenvalue weighted by atomic mass is 15.1. The van der Waals surface area contributed by atoms with Gasteiger partial charge >= 0.3 is 0 Å². The highest BCUT2D eigenvalue weighted by Gasteiger charge is 2.23. The van der Waals surface area contributed by atoms with Crippen molar-refractivity contribution in [1.29, 1.82) is 0 Å². The van der Waals surface area contributed by atoms with Gasteiger partial charge in [-0.05, 0) is 48.9 Å². The van der Waals surface area contributed by atoms with Crippen molar-refractivity contribution in [2.45, 2.75) is 25.7 Å². The molecule has 1 fully saturated rings. The summed E-state index contributed by atoms with van der Waals surface area (Å²) in [6.07, 6.45) is 4.69. The smallest absolute Gasteiger partial charge is 0.0456 e. The highest BCUT2D eigenvalue weighted by molar-refractivity contribution is 5.83. The second kappa shape index (κ2) is 5.53. The molecule has 22 heavy (non-hydrogen) atoms. The first-order valence-electron chi connectivity index (χ1n) is 8.19. The number of nitrogens with zero attached hydrogens (tertiary/aromatic N) is 1. The van der Waals surface area contributed by atoms with Gasteiger partial charge in [0.2, 0.25) is 0 Å². The Balaban J connectivity index is 1.54. The predicted octanol–water partition coefficient (Wildman–Crippen LogP) is 4.86. The third-order valence-corrected chi connectivity index (χ3v) is 5.01. The van der Waals surface area contributed by atoms with Gasteiger partial charge in [-0.2, -0.15) is 0 Å². The largest absolute Gasteiger partial charge is 0.371 e. The van der Waals surface area contributed by atoms with Gasteiger partial charge in [-0.15, -0.1) is 0 Å². The van der Waals surface area contributed by atoms with Crippen LogP contribution in [0.1, 0.15) is 29.9 Å². The van der Waals surface area contributed by atoms with Crippen molar-refractivity contribution < 1.29 is 0 Å². The van der Waals surface area contributed by atoms with E-state index in [0.29, 0.717) is 5.92 Å². The number of nitrogens with one attached hydrogen (secondary N) is 1. The van der Waals surface area contributed by atoms with Crippen LogP contribution < -0.4 is 4.90 Å². The molecule has 112 valence electrons. The minimum Gasteiger partial charge on any atom is -0.371 e. The molecule has 1 aromatic heterocycles. The van der Waals surface area contributed by atoms with E-state index < -0.39 is 0 Å². The molecule has 1 N–H and O–H groups in total. The number of hydrogen-bond acceptors (Lipinski definition) is 1. The molecule has 0 aliphatic carbocycles. The predicted molar refractivity (Wildman–Crippen MR) is 93.7 cm³/mol. The first-order chi connectivity index (χ1) is 10.8. The second-order valence-corrected chi connectivity index (χ2v) is 6.34. The lowest BCUT2D eigenvalue weighted by Gasteiger charge is -2.34. The highest BCUT2D eigenvalue weighted by Crippen LogP contribution is 2.35. The van der Waals surface area contributed by atoms with Crippen LogP contribution in [0.4, 0.5) is 5.69 Å². The summed E-state index contributed by atoms with van der Waals surface area (Å²) in [4.78, 5) is 5.97. The average Bonchev–Trinajstić information content (AvgIpc) is 3.00. The van der Waals surface area contributed by atoms with Crippen molar-refractivity contribution in [1.82, 2.24) is 4.98 Å². The van der Waals surface area contributed by atoms with Crippen molar-refractivity contribution in [3.05, 3.63) is 65.9 Å². The summed E-state index contributed by atoms with van der Waals surface area (Å²) in [6.45, 7) is 4.51. The van der Waals surface area contributed by atoms with Crippen LogP contribution in [0.15, 0.2) is 54.7 Å². The summed E-state index contributed by atoms with van der Waals surface area (Å²) in [7, 11) is 0. The third kappa shape index (κ3) is 2.29. The molecule has 0 saturated carbocycles. The van der Waals surface area contributed by atoms with E-state index in [1.165, 1.54) is 40.6 Å². The normalized spacial score (nSPS) is 16.3. The Morgan fingerprint density at radius 1 is 0.955 bits per heavy atom. The molecule has 3 aromatic rings. The molecular weight excluding hydrogens is 268 g/mol. The second-order valence-electron chi connectivity index (χ2n) is 6.34. The van der Waals surface area contributed by atoms with Crippen LogP contribution in [-0.2, 0) is 0 Å². The molecule has 2 nitrogen and oxygen atoms in total. The van der Waals surface area contributed by atoms with Crippen molar-refractivity contribution >= 4 is 16.6 Å². The Kier molecular flexibility index (Phi) is 3.38. The molecule has 1 aliphatic heterocycles. The maximum absolute atomic E-state index is 3.42. The molecule has 4 rings (SSSR count). The summed E-state index contributed by atoms with van der Waals surface area (Å²) in [5.74, 6) is 0.677. The van der Waals surface area contributed by atoms with Crippen molar-refractivity contribution in [3.63, 3.8) is 0 Å². The molecule has 0 bridgehead atoms. The van der Waals surface area contributed by atoms with Gasteiger partial charge < -0.3 is 9.88 Å². The van der Waals surface area contributed by atoms with E-state index in [1.54, 1.807) is 0 Å². The van der Waals surface area contributed by atoms with E-state index in [-0.39, 0.29) is 0 Å². The first kappa shape index (κ1) is 13.4. The monoisotopic (exact) mass is 290 g/mol. The Bertz CT molecular complexity index is 779. The fourth-order valence-electron chi connectivity index (χ4n) is 3.78. The topological polar surface area (TPSA) is 19.0 Å². The zero-order valence-corrected chi connectivity index (χ0v) is 13.0. The molecule has 0 amide bonds. The van der Waals surface area contributed by atoms with E-state index in [4.69, 9.17) is 0 Å². The Morgan fingerprint density at radius 3 is 2.50 bits per heavy atom.